The molecule has 3 aromatic rings. The van der Waals surface area contributed by atoms with E-state index in [1.807, 2.05) is 48.5 Å². The lowest BCUT2D eigenvalue weighted by atomic mass is 9.92. The van der Waals surface area contributed by atoms with Crippen molar-refractivity contribution in [1.29, 1.82) is 0 Å². The van der Waals surface area contributed by atoms with E-state index in [9.17, 15) is 19.5 Å². The molecule has 0 amide bonds. The van der Waals surface area contributed by atoms with Crippen molar-refractivity contribution in [1.82, 2.24) is 0 Å². The minimum Gasteiger partial charge on any atom is -0.481 e. The highest BCUT2D eigenvalue weighted by atomic mass is 35.5. The first-order valence-electron chi connectivity index (χ1n) is 11.1. The molecule has 0 heterocycles. The molecule has 0 aliphatic heterocycles. The second-order valence-corrected chi connectivity index (χ2v) is 8.55. The maximum Gasteiger partial charge on any atom is 0.306 e. The van der Waals surface area contributed by atoms with Gasteiger partial charge in [0.1, 0.15) is 0 Å². The Hall–Kier alpha value is -3.24. The third kappa shape index (κ3) is 6.87. The molecule has 3 rings (SSSR count). The number of rotatable bonds is 11. The Morgan fingerprint density at radius 1 is 0.788 bits per heavy atom. The molecule has 3 aromatic carbocycles. The average molecular weight is 463 g/mol. The van der Waals surface area contributed by atoms with Gasteiger partial charge in [0.05, 0.1) is 5.92 Å². The quantitative estimate of drug-likeness (QED) is 0.315. The third-order valence-corrected chi connectivity index (χ3v) is 6.06. The first-order valence-corrected chi connectivity index (χ1v) is 11.5. The van der Waals surface area contributed by atoms with E-state index in [1.54, 1.807) is 24.3 Å². The standard InChI is InChI=1S/C28H27ClO4/c1-2-19-6-8-22(9-7-19)26(30)5-3-4-24(28(32)33)18-27(31)23-12-10-20(11-13-23)21-14-16-25(29)17-15-21/h6-17,24H,2-5,18H2,1H3,(H,32,33). The summed E-state index contributed by atoms with van der Waals surface area (Å²) in [6.45, 7) is 2.05. The van der Waals surface area contributed by atoms with E-state index >= 15 is 0 Å². The molecule has 0 spiro atoms. The second kappa shape index (κ2) is 11.6. The summed E-state index contributed by atoms with van der Waals surface area (Å²) in [6.07, 6.45) is 1.79. The first-order chi connectivity index (χ1) is 15.9. The number of Topliss-reactive ketones (excluding diaryl/α,β-unsaturated/α-hetero) is 2. The van der Waals surface area contributed by atoms with E-state index in [1.165, 1.54) is 0 Å². The number of hydrogen-bond donors (Lipinski definition) is 1. The normalized spacial score (nSPS) is 11.7. The maximum absolute atomic E-state index is 12.7. The van der Waals surface area contributed by atoms with Crippen LogP contribution in [0, 0.1) is 5.92 Å². The topological polar surface area (TPSA) is 71.4 Å². The highest BCUT2D eigenvalue weighted by molar-refractivity contribution is 6.30. The summed E-state index contributed by atoms with van der Waals surface area (Å²) < 4.78 is 0. The zero-order chi connectivity index (χ0) is 23.8. The summed E-state index contributed by atoms with van der Waals surface area (Å²) in [7, 11) is 0. The van der Waals surface area contributed by atoms with Crippen LogP contribution in [0.5, 0.6) is 0 Å². The van der Waals surface area contributed by atoms with Gasteiger partial charge in [-0.25, -0.2) is 0 Å². The second-order valence-electron chi connectivity index (χ2n) is 8.11. The molecule has 1 unspecified atom stereocenters. The van der Waals surface area contributed by atoms with Gasteiger partial charge in [-0.3, -0.25) is 14.4 Å². The predicted octanol–water partition coefficient (Wildman–Crippen LogP) is 6.90. The van der Waals surface area contributed by atoms with E-state index in [0.29, 0.717) is 22.6 Å². The number of ketones is 2. The van der Waals surface area contributed by atoms with Crippen molar-refractivity contribution in [3.05, 3.63) is 94.5 Å². The smallest absolute Gasteiger partial charge is 0.306 e. The predicted molar refractivity (Wildman–Crippen MR) is 131 cm³/mol. The van der Waals surface area contributed by atoms with Crippen molar-refractivity contribution >= 4 is 29.1 Å². The zero-order valence-corrected chi connectivity index (χ0v) is 19.3. The van der Waals surface area contributed by atoms with Crippen LogP contribution < -0.4 is 0 Å². The molecule has 0 fully saturated rings. The van der Waals surface area contributed by atoms with Crippen LogP contribution in [0.3, 0.4) is 0 Å². The fraction of sp³-hybridized carbons (Fsp3) is 0.250. The number of aryl methyl sites for hydroxylation is 1. The van der Waals surface area contributed by atoms with Crippen LogP contribution in [0.25, 0.3) is 11.1 Å². The fourth-order valence-electron chi connectivity index (χ4n) is 3.73. The number of halogens is 1. The van der Waals surface area contributed by atoms with Gasteiger partial charge in [-0.15, -0.1) is 0 Å². The summed E-state index contributed by atoms with van der Waals surface area (Å²) in [4.78, 5) is 36.8. The Bertz CT molecular complexity index is 1100. The highest BCUT2D eigenvalue weighted by Gasteiger charge is 2.22. The van der Waals surface area contributed by atoms with Crippen molar-refractivity contribution in [2.24, 2.45) is 5.92 Å². The van der Waals surface area contributed by atoms with Gasteiger partial charge in [0, 0.05) is 29.0 Å². The van der Waals surface area contributed by atoms with Gasteiger partial charge >= 0.3 is 5.97 Å². The number of benzene rings is 3. The number of carbonyl (C=O) groups is 3. The van der Waals surface area contributed by atoms with Gasteiger partial charge in [-0.2, -0.15) is 0 Å². The number of carboxylic acids is 1. The molecule has 0 saturated carbocycles. The van der Waals surface area contributed by atoms with Crippen molar-refractivity contribution in [3.63, 3.8) is 0 Å². The minimum atomic E-state index is -1.01. The van der Waals surface area contributed by atoms with Crippen molar-refractivity contribution < 1.29 is 19.5 Å². The van der Waals surface area contributed by atoms with Crippen LogP contribution in [0.15, 0.2) is 72.8 Å². The van der Waals surface area contributed by atoms with E-state index in [2.05, 4.69) is 6.92 Å². The van der Waals surface area contributed by atoms with Crippen molar-refractivity contribution in [2.75, 3.05) is 0 Å². The maximum atomic E-state index is 12.7. The minimum absolute atomic E-state index is 0.00842. The summed E-state index contributed by atoms with van der Waals surface area (Å²) >= 11 is 5.92. The molecule has 33 heavy (non-hydrogen) atoms. The summed E-state index contributed by atoms with van der Waals surface area (Å²) in [5, 5.41) is 10.2. The molecule has 0 aromatic heterocycles. The van der Waals surface area contributed by atoms with Gasteiger partial charge in [0.25, 0.3) is 0 Å². The molecule has 4 nitrogen and oxygen atoms in total. The van der Waals surface area contributed by atoms with Crippen LogP contribution in [-0.4, -0.2) is 22.6 Å². The lowest BCUT2D eigenvalue weighted by Crippen LogP contribution is -2.18. The van der Waals surface area contributed by atoms with Crippen molar-refractivity contribution in [2.45, 2.75) is 39.0 Å². The van der Waals surface area contributed by atoms with Gasteiger partial charge in [-0.05, 0) is 48.1 Å². The molecule has 0 aliphatic carbocycles. The SMILES string of the molecule is CCc1ccc(C(=O)CCCC(CC(=O)c2ccc(-c3ccc(Cl)cc3)cc2)C(=O)O)cc1. The van der Waals surface area contributed by atoms with Gasteiger partial charge < -0.3 is 5.11 Å². The Kier molecular flexibility index (Phi) is 8.56. The van der Waals surface area contributed by atoms with Crippen LogP contribution in [0.1, 0.15) is 58.9 Å². The number of hydrogen-bond acceptors (Lipinski definition) is 3. The lowest BCUT2D eigenvalue weighted by Gasteiger charge is -2.12. The largest absolute Gasteiger partial charge is 0.481 e. The third-order valence-electron chi connectivity index (χ3n) is 5.81. The molecule has 0 aliphatic rings. The van der Waals surface area contributed by atoms with E-state index < -0.39 is 11.9 Å². The van der Waals surface area contributed by atoms with Crippen LogP contribution in [-0.2, 0) is 11.2 Å². The zero-order valence-electron chi connectivity index (χ0n) is 18.6. The number of carbonyl (C=O) groups excluding carboxylic acids is 2. The molecule has 1 N–H and O–H groups in total. The highest BCUT2D eigenvalue weighted by Crippen LogP contribution is 2.23. The molecular weight excluding hydrogens is 436 g/mol. The molecule has 0 bridgehead atoms. The summed E-state index contributed by atoms with van der Waals surface area (Å²) in [6, 6.07) is 22.0. The Morgan fingerprint density at radius 2 is 1.30 bits per heavy atom. The monoisotopic (exact) mass is 462 g/mol. The van der Waals surface area contributed by atoms with Crippen molar-refractivity contribution in [3.8, 4) is 11.1 Å². The van der Waals surface area contributed by atoms with Gasteiger partial charge in [-0.1, -0.05) is 79.2 Å². The van der Waals surface area contributed by atoms with E-state index in [4.69, 9.17) is 11.6 Å². The fourth-order valence-corrected chi connectivity index (χ4v) is 3.85. The Labute approximate surface area is 199 Å². The average Bonchev–Trinajstić information content (AvgIpc) is 2.83. The Morgan fingerprint density at radius 3 is 1.85 bits per heavy atom. The number of aliphatic carboxylic acids is 1. The van der Waals surface area contributed by atoms with Crippen LogP contribution >= 0.6 is 11.6 Å². The molecular formula is C28H27ClO4. The number of carboxylic acid groups (broad SMARTS) is 1. The molecule has 0 radical (unpaired) electrons. The van der Waals surface area contributed by atoms with Gasteiger partial charge in [0.2, 0.25) is 0 Å². The summed E-state index contributed by atoms with van der Waals surface area (Å²) in [5.74, 6) is -2.05. The molecule has 0 saturated heterocycles. The van der Waals surface area contributed by atoms with E-state index in [0.717, 1.165) is 23.1 Å². The first kappa shape index (κ1) is 24.4. The van der Waals surface area contributed by atoms with Crippen LogP contribution in [0.2, 0.25) is 5.02 Å². The van der Waals surface area contributed by atoms with Crippen LogP contribution in [0.4, 0.5) is 0 Å². The van der Waals surface area contributed by atoms with Gasteiger partial charge in [0.15, 0.2) is 11.6 Å². The Balaban J connectivity index is 1.55. The van der Waals surface area contributed by atoms with E-state index in [-0.39, 0.29) is 30.8 Å². The summed E-state index contributed by atoms with van der Waals surface area (Å²) in [5.41, 5.74) is 4.21. The lowest BCUT2D eigenvalue weighted by molar-refractivity contribution is -0.141. The molecule has 1 atom stereocenters. The molecule has 170 valence electrons. The molecule has 5 heteroatoms.